The molecule has 2 aromatic rings. The predicted molar refractivity (Wildman–Crippen MR) is 65.4 cm³/mol. The van der Waals surface area contributed by atoms with Crippen LogP contribution in [0.4, 0.5) is 0 Å². The topological polar surface area (TPSA) is 12.9 Å². The van der Waals surface area contributed by atoms with Gasteiger partial charge in [-0.3, -0.25) is 0 Å². The fourth-order valence-electron chi connectivity index (χ4n) is 1.37. The summed E-state index contributed by atoms with van der Waals surface area (Å²) < 4.78 is 0. The van der Waals surface area contributed by atoms with Crippen LogP contribution in [0.5, 0.6) is 0 Å². The summed E-state index contributed by atoms with van der Waals surface area (Å²) in [5.41, 5.74) is 2.91. The van der Waals surface area contributed by atoms with E-state index in [1.54, 1.807) is 6.20 Å². The van der Waals surface area contributed by atoms with Crippen molar-refractivity contribution in [3.63, 3.8) is 0 Å². The van der Waals surface area contributed by atoms with E-state index in [1.165, 1.54) is 0 Å². The van der Waals surface area contributed by atoms with Crippen LogP contribution in [-0.4, -0.2) is 4.98 Å². The van der Waals surface area contributed by atoms with Gasteiger partial charge in [-0.2, -0.15) is 0 Å². The lowest BCUT2D eigenvalue weighted by Crippen LogP contribution is -1.83. The number of pyridine rings is 1. The molecule has 0 saturated carbocycles. The minimum atomic E-state index is 0.692. The third-order valence-corrected chi connectivity index (χ3v) is 2.13. The van der Waals surface area contributed by atoms with Gasteiger partial charge in [0.1, 0.15) is 5.69 Å². The molecule has 2 rings (SSSR count). The Balaban J connectivity index is 2.31. The van der Waals surface area contributed by atoms with Crippen molar-refractivity contribution in [1.82, 2.24) is 4.98 Å². The van der Waals surface area contributed by atoms with Gasteiger partial charge in [0.2, 0.25) is 0 Å². The van der Waals surface area contributed by atoms with Crippen LogP contribution in [0.15, 0.2) is 48.7 Å². The Kier molecular flexibility index (Phi) is 3.02. The molecule has 0 aliphatic rings. The molecule has 0 fully saturated rings. The van der Waals surface area contributed by atoms with Gasteiger partial charge < -0.3 is 0 Å². The third-order valence-electron chi connectivity index (χ3n) is 2.13. The van der Waals surface area contributed by atoms with Crippen molar-refractivity contribution in [1.29, 1.82) is 0 Å². The van der Waals surface area contributed by atoms with Crippen LogP contribution in [0.2, 0.25) is 0 Å². The summed E-state index contributed by atoms with van der Waals surface area (Å²) in [7, 11) is 0. The van der Waals surface area contributed by atoms with Crippen molar-refractivity contribution in [2.24, 2.45) is 0 Å². The van der Waals surface area contributed by atoms with E-state index in [4.69, 9.17) is 6.42 Å². The molecule has 1 nitrogen and oxygen atoms in total. The maximum absolute atomic E-state index is 5.05. The molecule has 1 aromatic carbocycles. The summed E-state index contributed by atoms with van der Waals surface area (Å²) in [6.45, 7) is 0. The molecule has 74 valence electrons. The molecule has 1 heteroatoms. The second-order valence-electron chi connectivity index (χ2n) is 3.19. The number of hydrogen-bond acceptors (Lipinski definition) is 1. The van der Waals surface area contributed by atoms with Crippen molar-refractivity contribution in [2.45, 2.75) is 0 Å². The van der Waals surface area contributed by atoms with Crippen molar-refractivity contribution >= 4 is 0 Å². The molecule has 1 aromatic heterocycles. The molecule has 0 N–H and O–H groups in total. The normalized spacial score (nSPS) is 8.69. The van der Waals surface area contributed by atoms with E-state index in [-0.39, 0.29) is 0 Å². The van der Waals surface area contributed by atoms with E-state index >= 15 is 0 Å². The number of aromatic nitrogens is 1. The van der Waals surface area contributed by atoms with Crippen LogP contribution in [0.25, 0.3) is 11.1 Å². The van der Waals surface area contributed by atoms with Gasteiger partial charge in [0.25, 0.3) is 0 Å². The average molecular weight is 203 g/mol. The van der Waals surface area contributed by atoms with Crippen LogP contribution in [0.3, 0.4) is 0 Å². The first-order chi connectivity index (χ1) is 7.90. The van der Waals surface area contributed by atoms with Crippen molar-refractivity contribution < 1.29 is 0 Å². The van der Waals surface area contributed by atoms with Crippen molar-refractivity contribution in [3.05, 3.63) is 54.4 Å². The van der Waals surface area contributed by atoms with Crippen molar-refractivity contribution in [2.75, 3.05) is 0 Å². The molecule has 0 aliphatic heterocycles. The number of rotatable bonds is 1. The number of terminal acetylenes is 1. The number of benzene rings is 1. The van der Waals surface area contributed by atoms with Crippen LogP contribution in [0.1, 0.15) is 5.69 Å². The molecule has 16 heavy (non-hydrogen) atoms. The van der Waals surface area contributed by atoms with E-state index in [1.807, 2.05) is 42.5 Å². The first-order valence-corrected chi connectivity index (χ1v) is 4.88. The minimum Gasteiger partial charge on any atom is -0.247 e. The largest absolute Gasteiger partial charge is 0.247 e. The summed E-state index contributed by atoms with van der Waals surface area (Å²) in [4.78, 5) is 4.22. The van der Waals surface area contributed by atoms with Crippen LogP contribution >= 0.6 is 0 Å². The van der Waals surface area contributed by atoms with E-state index in [0.717, 1.165) is 11.1 Å². The van der Waals surface area contributed by atoms with E-state index in [2.05, 4.69) is 22.7 Å². The summed E-state index contributed by atoms with van der Waals surface area (Å²) in [5.74, 6) is 7.58. The highest BCUT2D eigenvalue weighted by atomic mass is 14.7. The zero-order chi connectivity index (χ0) is 11.2. The Morgan fingerprint density at radius 1 is 0.938 bits per heavy atom. The molecule has 0 atom stereocenters. The Morgan fingerprint density at radius 2 is 1.75 bits per heavy atom. The van der Waals surface area contributed by atoms with Gasteiger partial charge in [-0.25, -0.2) is 4.98 Å². The highest BCUT2D eigenvalue weighted by Crippen LogP contribution is 2.17. The molecule has 0 amide bonds. The molecular weight excluding hydrogens is 194 g/mol. The van der Waals surface area contributed by atoms with Gasteiger partial charge >= 0.3 is 0 Å². The van der Waals surface area contributed by atoms with Crippen LogP contribution in [-0.2, 0) is 0 Å². The lowest BCUT2D eigenvalue weighted by atomic mass is 10.1. The fraction of sp³-hybridized carbons (Fsp3) is 0. The second-order valence-corrected chi connectivity index (χ2v) is 3.19. The van der Waals surface area contributed by atoms with Gasteiger partial charge in [0.05, 0.1) is 0 Å². The van der Waals surface area contributed by atoms with Gasteiger partial charge in [-0.05, 0) is 29.4 Å². The summed E-state index contributed by atoms with van der Waals surface area (Å²) >= 11 is 0. The molecule has 0 unspecified atom stereocenters. The average Bonchev–Trinajstić information content (AvgIpc) is 2.38. The molecule has 0 spiro atoms. The van der Waals surface area contributed by atoms with Gasteiger partial charge in [0.15, 0.2) is 0 Å². The van der Waals surface area contributed by atoms with Crippen LogP contribution in [0, 0.1) is 24.2 Å². The maximum Gasteiger partial charge on any atom is 0.114 e. The summed E-state index contributed by atoms with van der Waals surface area (Å²) in [5, 5.41) is 0. The first kappa shape index (κ1) is 10.0. The molecule has 0 bridgehead atoms. The molecular formula is C15H9N. The lowest BCUT2D eigenvalue weighted by molar-refractivity contribution is 1.29. The van der Waals surface area contributed by atoms with Gasteiger partial charge in [-0.15, -0.1) is 6.42 Å². The minimum absolute atomic E-state index is 0.692. The SMILES string of the molecule is C#CC#Cc1ccc(-c2ccccc2)cn1. The van der Waals surface area contributed by atoms with Gasteiger partial charge in [-0.1, -0.05) is 36.4 Å². The molecule has 1 heterocycles. The number of hydrogen-bond donors (Lipinski definition) is 0. The van der Waals surface area contributed by atoms with E-state index in [9.17, 15) is 0 Å². The van der Waals surface area contributed by atoms with Crippen molar-refractivity contribution in [3.8, 4) is 35.3 Å². The molecule has 0 radical (unpaired) electrons. The zero-order valence-corrected chi connectivity index (χ0v) is 8.64. The fourth-order valence-corrected chi connectivity index (χ4v) is 1.37. The quantitative estimate of drug-likeness (QED) is 0.649. The standard InChI is InChI=1S/C15H9N/c1-2-3-9-15-11-10-14(12-16-15)13-7-5-4-6-8-13/h1,4-8,10-12H. The number of nitrogens with zero attached hydrogens (tertiary/aromatic N) is 1. The lowest BCUT2D eigenvalue weighted by Gasteiger charge is -1.99. The monoisotopic (exact) mass is 203 g/mol. The van der Waals surface area contributed by atoms with E-state index in [0.29, 0.717) is 5.69 Å². The predicted octanol–water partition coefficient (Wildman–Crippen LogP) is 2.73. The van der Waals surface area contributed by atoms with Crippen LogP contribution < -0.4 is 0 Å². The van der Waals surface area contributed by atoms with E-state index < -0.39 is 0 Å². The zero-order valence-electron chi connectivity index (χ0n) is 8.64. The molecule has 0 aliphatic carbocycles. The summed E-state index contributed by atoms with van der Waals surface area (Å²) in [6, 6.07) is 13.9. The Hall–Kier alpha value is -2.51. The Morgan fingerprint density at radius 3 is 2.38 bits per heavy atom. The Bertz CT molecular complexity index is 563. The molecule has 0 saturated heterocycles. The first-order valence-electron chi connectivity index (χ1n) is 4.88. The third kappa shape index (κ3) is 2.29. The second kappa shape index (κ2) is 4.82. The Labute approximate surface area is 95.2 Å². The highest BCUT2D eigenvalue weighted by molar-refractivity contribution is 5.62. The highest BCUT2D eigenvalue weighted by Gasteiger charge is 1.96. The smallest absolute Gasteiger partial charge is 0.114 e. The maximum atomic E-state index is 5.05. The summed E-state index contributed by atoms with van der Waals surface area (Å²) in [6.07, 6.45) is 6.85. The van der Waals surface area contributed by atoms with Gasteiger partial charge in [0, 0.05) is 11.8 Å².